The highest BCUT2D eigenvalue weighted by molar-refractivity contribution is 5.84. The second kappa shape index (κ2) is 10.2. The van der Waals surface area contributed by atoms with Gasteiger partial charge in [0.25, 0.3) is 0 Å². The van der Waals surface area contributed by atoms with Crippen molar-refractivity contribution in [3.05, 3.63) is 78.5 Å². The molecule has 2 saturated heterocycles. The molecular weight excluding hydrogens is 448 g/mol. The van der Waals surface area contributed by atoms with Crippen molar-refractivity contribution in [1.29, 1.82) is 0 Å². The van der Waals surface area contributed by atoms with Crippen LogP contribution in [0.2, 0.25) is 0 Å². The Labute approximate surface area is 212 Å². The summed E-state index contributed by atoms with van der Waals surface area (Å²) in [4.78, 5) is 14.2. The first-order valence-corrected chi connectivity index (χ1v) is 12.7. The van der Waals surface area contributed by atoms with Crippen LogP contribution in [0, 0.1) is 0 Å². The van der Waals surface area contributed by atoms with Gasteiger partial charge in [-0.3, -0.25) is 0 Å². The Morgan fingerprint density at radius 3 is 2.58 bits per heavy atom. The number of nitrogens with one attached hydrogen (secondary N) is 2. The minimum atomic E-state index is 0.125. The second-order valence-electron chi connectivity index (χ2n) is 9.62. The Kier molecular flexibility index (Phi) is 6.51. The van der Waals surface area contributed by atoms with Crippen molar-refractivity contribution in [2.75, 3.05) is 63.1 Å². The maximum atomic E-state index is 5.88. The van der Waals surface area contributed by atoms with Crippen LogP contribution in [-0.4, -0.2) is 67.8 Å². The van der Waals surface area contributed by atoms with Crippen molar-refractivity contribution in [2.45, 2.75) is 6.10 Å². The van der Waals surface area contributed by atoms with Crippen LogP contribution in [-0.2, 0) is 4.74 Å². The van der Waals surface area contributed by atoms with Gasteiger partial charge in [-0.25, -0.2) is 9.97 Å². The van der Waals surface area contributed by atoms with E-state index in [-0.39, 0.29) is 6.10 Å². The van der Waals surface area contributed by atoms with Crippen molar-refractivity contribution < 1.29 is 4.74 Å². The molecular formula is C29H32N6O. The summed E-state index contributed by atoms with van der Waals surface area (Å²) in [6, 6.07) is 23.5. The van der Waals surface area contributed by atoms with Crippen molar-refractivity contribution in [2.24, 2.45) is 0 Å². The molecule has 0 amide bonds. The highest BCUT2D eigenvalue weighted by Crippen LogP contribution is 2.28. The fourth-order valence-electron chi connectivity index (χ4n) is 4.91. The number of hydrogen-bond acceptors (Lipinski definition) is 7. The van der Waals surface area contributed by atoms with Gasteiger partial charge in [-0.1, -0.05) is 42.5 Å². The van der Waals surface area contributed by atoms with Gasteiger partial charge in [0, 0.05) is 62.2 Å². The molecule has 36 heavy (non-hydrogen) atoms. The highest BCUT2D eigenvalue weighted by Gasteiger charge is 2.16. The Morgan fingerprint density at radius 2 is 1.78 bits per heavy atom. The van der Waals surface area contributed by atoms with Crippen molar-refractivity contribution in [3.8, 4) is 11.1 Å². The standard InChI is InChI=1S/C29H32N6O/c1-34-12-14-35(15-13-34)26-4-2-3-25(18-26)32-29-31-19-24-10-9-23(17-27(24)33-29)21-5-7-22(8-6-21)28-20-30-11-16-36-28/h2-10,17-19,28,30H,11-16,20H2,1H3,(H,31,32,33). The third kappa shape index (κ3) is 5.04. The summed E-state index contributed by atoms with van der Waals surface area (Å²) in [5.41, 5.74) is 6.66. The molecule has 0 aliphatic carbocycles. The van der Waals surface area contributed by atoms with Crippen LogP contribution in [0.1, 0.15) is 11.7 Å². The fourth-order valence-corrected chi connectivity index (χ4v) is 4.91. The topological polar surface area (TPSA) is 65.5 Å². The van der Waals surface area contributed by atoms with E-state index in [1.165, 1.54) is 11.3 Å². The molecule has 6 rings (SSSR count). The zero-order valence-electron chi connectivity index (χ0n) is 20.7. The monoisotopic (exact) mass is 480 g/mol. The predicted molar refractivity (Wildman–Crippen MR) is 146 cm³/mol. The zero-order valence-corrected chi connectivity index (χ0v) is 20.7. The summed E-state index contributed by atoms with van der Waals surface area (Å²) < 4.78 is 5.88. The molecule has 7 heteroatoms. The summed E-state index contributed by atoms with van der Waals surface area (Å²) in [7, 11) is 2.18. The van der Waals surface area contributed by atoms with E-state index in [0.29, 0.717) is 5.95 Å². The molecule has 3 heterocycles. The molecule has 0 saturated carbocycles. The third-order valence-corrected chi connectivity index (χ3v) is 7.10. The largest absolute Gasteiger partial charge is 0.371 e. The minimum Gasteiger partial charge on any atom is -0.371 e. The number of aromatic nitrogens is 2. The van der Waals surface area contributed by atoms with Crippen molar-refractivity contribution in [3.63, 3.8) is 0 Å². The lowest BCUT2D eigenvalue weighted by Gasteiger charge is -2.34. The van der Waals surface area contributed by atoms with Gasteiger partial charge in [0.2, 0.25) is 5.95 Å². The van der Waals surface area contributed by atoms with Crippen LogP contribution < -0.4 is 15.5 Å². The third-order valence-electron chi connectivity index (χ3n) is 7.10. The second-order valence-corrected chi connectivity index (χ2v) is 9.62. The SMILES string of the molecule is CN1CCN(c2cccc(Nc3ncc4ccc(-c5ccc(C6CNCCO6)cc5)cc4n3)c2)CC1. The molecule has 2 N–H and O–H groups in total. The average Bonchev–Trinajstić information content (AvgIpc) is 2.94. The van der Waals surface area contributed by atoms with Gasteiger partial charge in [0.15, 0.2) is 0 Å². The van der Waals surface area contributed by atoms with Gasteiger partial charge in [0.05, 0.1) is 18.2 Å². The van der Waals surface area contributed by atoms with Gasteiger partial charge < -0.3 is 25.2 Å². The summed E-state index contributed by atoms with van der Waals surface area (Å²) in [5.74, 6) is 0.604. The number of morpholine rings is 1. The zero-order chi connectivity index (χ0) is 24.3. The van der Waals surface area contributed by atoms with E-state index >= 15 is 0 Å². The number of benzene rings is 3. The molecule has 2 aliphatic heterocycles. The molecule has 3 aromatic carbocycles. The molecule has 7 nitrogen and oxygen atoms in total. The van der Waals surface area contributed by atoms with E-state index in [0.717, 1.165) is 73.6 Å². The number of ether oxygens (including phenoxy) is 1. The van der Waals surface area contributed by atoms with E-state index in [1.807, 2.05) is 6.20 Å². The molecule has 1 unspecified atom stereocenters. The lowest BCUT2D eigenvalue weighted by atomic mass is 10.0. The maximum absolute atomic E-state index is 5.88. The minimum absolute atomic E-state index is 0.125. The van der Waals surface area contributed by atoms with Gasteiger partial charge in [-0.15, -0.1) is 0 Å². The van der Waals surface area contributed by atoms with E-state index in [9.17, 15) is 0 Å². The molecule has 1 aromatic heterocycles. The molecule has 0 bridgehead atoms. The molecule has 0 radical (unpaired) electrons. The van der Waals surface area contributed by atoms with Crippen LogP contribution in [0.3, 0.4) is 0 Å². The summed E-state index contributed by atoms with van der Waals surface area (Å²) in [5, 5.41) is 7.82. The lowest BCUT2D eigenvalue weighted by Crippen LogP contribution is -2.44. The smallest absolute Gasteiger partial charge is 0.227 e. The Bertz CT molecular complexity index is 1330. The number of nitrogens with zero attached hydrogens (tertiary/aromatic N) is 4. The van der Waals surface area contributed by atoms with Gasteiger partial charge in [-0.05, 0) is 48.0 Å². The first-order valence-electron chi connectivity index (χ1n) is 12.7. The molecule has 4 aromatic rings. The quantitative estimate of drug-likeness (QED) is 0.437. The number of fused-ring (bicyclic) bond motifs is 1. The van der Waals surface area contributed by atoms with Crippen LogP contribution in [0.25, 0.3) is 22.0 Å². The van der Waals surface area contributed by atoms with Gasteiger partial charge in [-0.2, -0.15) is 0 Å². The van der Waals surface area contributed by atoms with Crippen LogP contribution >= 0.6 is 0 Å². The number of rotatable bonds is 5. The predicted octanol–water partition coefficient (Wildman–Crippen LogP) is 4.45. The van der Waals surface area contributed by atoms with E-state index in [1.54, 1.807) is 0 Å². The summed E-state index contributed by atoms with van der Waals surface area (Å²) >= 11 is 0. The molecule has 2 fully saturated rings. The molecule has 1 atom stereocenters. The van der Waals surface area contributed by atoms with Crippen LogP contribution in [0.5, 0.6) is 0 Å². The first-order chi connectivity index (χ1) is 17.7. The number of piperazine rings is 1. The number of likely N-dealkylation sites (N-methyl/N-ethyl adjacent to an activating group) is 1. The van der Waals surface area contributed by atoms with E-state index < -0.39 is 0 Å². The van der Waals surface area contributed by atoms with Crippen molar-refractivity contribution >= 4 is 28.2 Å². The number of anilines is 3. The Hall–Kier alpha value is -3.52. The van der Waals surface area contributed by atoms with E-state index in [2.05, 4.69) is 99.2 Å². The average molecular weight is 481 g/mol. The Balaban J connectivity index is 1.20. The highest BCUT2D eigenvalue weighted by atomic mass is 16.5. The maximum Gasteiger partial charge on any atom is 0.227 e. The first kappa shape index (κ1) is 22.9. The normalized spacial score (nSPS) is 18.9. The van der Waals surface area contributed by atoms with Gasteiger partial charge in [0.1, 0.15) is 0 Å². The van der Waals surface area contributed by atoms with Crippen LogP contribution in [0.15, 0.2) is 72.9 Å². The summed E-state index contributed by atoms with van der Waals surface area (Å²) in [6.45, 7) is 6.80. The Morgan fingerprint density at radius 1 is 0.944 bits per heavy atom. The molecule has 0 spiro atoms. The van der Waals surface area contributed by atoms with E-state index in [4.69, 9.17) is 9.72 Å². The summed E-state index contributed by atoms with van der Waals surface area (Å²) in [6.07, 6.45) is 2.01. The molecule has 184 valence electrons. The molecule has 2 aliphatic rings. The van der Waals surface area contributed by atoms with Crippen molar-refractivity contribution in [1.82, 2.24) is 20.2 Å². The fraction of sp³-hybridized carbons (Fsp3) is 0.310. The van der Waals surface area contributed by atoms with Crippen LogP contribution in [0.4, 0.5) is 17.3 Å². The van der Waals surface area contributed by atoms with Gasteiger partial charge >= 0.3 is 0 Å². The number of hydrogen-bond donors (Lipinski definition) is 2. The lowest BCUT2D eigenvalue weighted by molar-refractivity contribution is 0.0277.